The molecule has 0 spiro atoms. The summed E-state index contributed by atoms with van der Waals surface area (Å²) in [6, 6.07) is 16.0. The third-order valence-corrected chi connectivity index (χ3v) is 13.5. The van der Waals surface area contributed by atoms with Crippen LogP contribution in [0.15, 0.2) is 48.5 Å². The molecule has 6 atom stereocenters. The second kappa shape index (κ2) is 13.5. The third kappa shape index (κ3) is 7.20. The highest BCUT2D eigenvalue weighted by molar-refractivity contribution is 6.91. The standard InChI is InChI=1S/C32H46N2O6Si/c1-21-28(16-11-23-8-6-9-24(18-23)33-32(38)22(2)36)40-29(19-30(37)34-17-7-10-25(34)20-35)31(21)41(4,5)27-14-12-26(39-3)13-15-27/h6,8-9,12-15,18,21-22,25,28-29,31,35-36H,7,10-11,16-17,19-20H2,1-5H3,(H,33,38)/t21-,22+,25+,28+,29-,31+/m1/s1. The van der Waals surface area contributed by atoms with Crippen LogP contribution in [0.25, 0.3) is 0 Å². The number of anilines is 1. The number of hydrogen-bond donors (Lipinski definition) is 3. The van der Waals surface area contributed by atoms with Gasteiger partial charge in [0.25, 0.3) is 5.91 Å². The Balaban J connectivity index is 1.53. The molecule has 2 amide bonds. The first-order chi connectivity index (χ1) is 19.5. The first kappa shape index (κ1) is 31.2. The second-order valence-electron chi connectivity index (χ2n) is 12.2. The molecular weight excluding hydrogens is 536 g/mol. The number of likely N-dealkylation sites (tertiary alicyclic amines) is 1. The van der Waals surface area contributed by atoms with Crippen LogP contribution in [0.1, 0.15) is 45.1 Å². The summed E-state index contributed by atoms with van der Waals surface area (Å²) in [5.41, 5.74) is 1.97. The molecule has 2 heterocycles. The molecule has 0 aliphatic carbocycles. The zero-order valence-electron chi connectivity index (χ0n) is 25.0. The smallest absolute Gasteiger partial charge is 0.252 e. The predicted molar refractivity (Wildman–Crippen MR) is 163 cm³/mol. The molecule has 2 aromatic carbocycles. The lowest BCUT2D eigenvalue weighted by Crippen LogP contribution is -2.51. The summed E-state index contributed by atoms with van der Waals surface area (Å²) in [6.07, 6.45) is 2.39. The van der Waals surface area contributed by atoms with Gasteiger partial charge in [-0.3, -0.25) is 9.59 Å². The van der Waals surface area contributed by atoms with E-state index < -0.39 is 20.1 Å². The van der Waals surface area contributed by atoms with Crippen LogP contribution in [0, 0.1) is 5.92 Å². The van der Waals surface area contributed by atoms with E-state index in [9.17, 15) is 19.8 Å². The van der Waals surface area contributed by atoms with E-state index in [1.54, 1.807) is 7.11 Å². The van der Waals surface area contributed by atoms with Crippen molar-refractivity contribution in [3.05, 3.63) is 54.1 Å². The molecular formula is C32H46N2O6Si. The molecule has 0 aromatic heterocycles. The molecule has 2 aromatic rings. The topological polar surface area (TPSA) is 108 Å². The molecule has 0 radical (unpaired) electrons. The van der Waals surface area contributed by atoms with Crippen molar-refractivity contribution >= 4 is 30.8 Å². The number of carbonyl (C=O) groups excluding carboxylic acids is 2. The van der Waals surface area contributed by atoms with Crippen LogP contribution in [-0.2, 0) is 20.7 Å². The Labute approximate surface area is 245 Å². The first-order valence-electron chi connectivity index (χ1n) is 14.8. The summed E-state index contributed by atoms with van der Waals surface area (Å²) >= 11 is 0. The SMILES string of the molecule is COc1ccc([Si](C)(C)[C@H]2[C@H](C)[C@H](CCc3cccc(NC(=O)[C@H](C)O)c3)O[C@@H]2CC(=O)N2CCC[C@H]2CO)cc1. The highest BCUT2D eigenvalue weighted by Crippen LogP contribution is 2.46. The summed E-state index contributed by atoms with van der Waals surface area (Å²) < 4.78 is 12.2. The number of amides is 2. The number of carbonyl (C=O) groups is 2. The summed E-state index contributed by atoms with van der Waals surface area (Å²) in [7, 11) is -0.428. The lowest BCUT2D eigenvalue weighted by atomic mass is 9.95. The summed E-state index contributed by atoms with van der Waals surface area (Å²) in [5.74, 6) is 0.722. The molecule has 41 heavy (non-hydrogen) atoms. The molecule has 4 rings (SSSR count). The minimum Gasteiger partial charge on any atom is -0.497 e. The molecule has 0 saturated carbocycles. The van der Waals surface area contributed by atoms with Crippen molar-refractivity contribution in [3.8, 4) is 5.75 Å². The Morgan fingerprint density at radius 2 is 1.90 bits per heavy atom. The van der Waals surface area contributed by atoms with E-state index in [2.05, 4.69) is 37.5 Å². The van der Waals surface area contributed by atoms with Gasteiger partial charge < -0.3 is 29.9 Å². The van der Waals surface area contributed by atoms with Crippen molar-refractivity contribution in [2.75, 3.05) is 25.6 Å². The van der Waals surface area contributed by atoms with E-state index in [1.165, 1.54) is 12.1 Å². The normalized spacial score (nSPS) is 25.2. The predicted octanol–water partition coefficient (Wildman–Crippen LogP) is 3.71. The Morgan fingerprint density at radius 1 is 1.17 bits per heavy atom. The first-order valence-corrected chi connectivity index (χ1v) is 17.9. The maximum absolute atomic E-state index is 13.5. The van der Waals surface area contributed by atoms with Gasteiger partial charge in [-0.2, -0.15) is 0 Å². The fraction of sp³-hybridized carbons (Fsp3) is 0.562. The summed E-state index contributed by atoms with van der Waals surface area (Å²) in [6.45, 7) is 9.16. The van der Waals surface area contributed by atoms with Gasteiger partial charge in [-0.25, -0.2) is 0 Å². The number of aryl methyl sites for hydroxylation is 1. The number of aliphatic hydroxyl groups is 2. The Hall–Kier alpha value is -2.72. The lowest BCUT2D eigenvalue weighted by molar-refractivity contribution is -0.135. The number of methoxy groups -OCH3 is 1. The number of nitrogens with one attached hydrogen (secondary N) is 1. The van der Waals surface area contributed by atoms with Gasteiger partial charge in [-0.1, -0.05) is 49.5 Å². The number of hydrogen-bond acceptors (Lipinski definition) is 6. The van der Waals surface area contributed by atoms with Crippen molar-refractivity contribution < 1.29 is 29.3 Å². The van der Waals surface area contributed by atoms with Gasteiger partial charge in [-0.15, -0.1) is 0 Å². The van der Waals surface area contributed by atoms with Crippen LogP contribution in [0.2, 0.25) is 18.6 Å². The molecule has 0 unspecified atom stereocenters. The van der Waals surface area contributed by atoms with E-state index in [0.717, 1.165) is 37.0 Å². The molecule has 0 bridgehead atoms. The maximum atomic E-state index is 13.5. The molecule has 8 nitrogen and oxygen atoms in total. The van der Waals surface area contributed by atoms with Crippen LogP contribution < -0.4 is 15.2 Å². The molecule has 3 N–H and O–H groups in total. The van der Waals surface area contributed by atoms with Crippen LogP contribution in [0.3, 0.4) is 0 Å². The zero-order valence-corrected chi connectivity index (χ0v) is 26.0. The largest absolute Gasteiger partial charge is 0.497 e. The number of benzene rings is 2. The van der Waals surface area contributed by atoms with E-state index in [-0.39, 0.29) is 42.2 Å². The third-order valence-electron chi connectivity index (χ3n) is 9.15. The van der Waals surface area contributed by atoms with Gasteiger partial charge in [0.05, 0.1) is 46.5 Å². The van der Waals surface area contributed by atoms with E-state index in [4.69, 9.17) is 9.47 Å². The van der Waals surface area contributed by atoms with Gasteiger partial charge in [0.1, 0.15) is 11.9 Å². The molecule has 2 saturated heterocycles. The quantitative estimate of drug-likeness (QED) is 0.349. The lowest BCUT2D eigenvalue weighted by Gasteiger charge is -2.36. The van der Waals surface area contributed by atoms with Gasteiger partial charge >= 0.3 is 0 Å². The van der Waals surface area contributed by atoms with E-state index in [0.29, 0.717) is 18.7 Å². The van der Waals surface area contributed by atoms with Crippen molar-refractivity contribution in [1.29, 1.82) is 0 Å². The molecule has 2 aliphatic rings. The number of rotatable bonds is 11. The Kier molecular flexibility index (Phi) is 10.3. The van der Waals surface area contributed by atoms with Crippen molar-refractivity contribution in [1.82, 2.24) is 4.90 Å². The molecule has 9 heteroatoms. The summed E-state index contributed by atoms with van der Waals surface area (Å²) in [4.78, 5) is 27.3. The van der Waals surface area contributed by atoms with Gasteiger partial charge in [0.2, 0.25) is 5.91 Å². The average Bonchev–Trinajstić information content (AvgIpc) is 3.56. The second-order valence-corrected chi connectivity index (χ2v) is 16.9. The van der Waals surface area contributed by atoms with Crippen molar-refractivity contribution in [3.63, 3.8) is 0 Å². The highest BCUT2D eigenvalue weighted by atomic mass is 28.3. The van der Waals surface area contributed by atoms with Gasteiger partial charge in [-0.05, 0) is 73.9 Å². The molecule has 224 valence electrons. The molecule has 2 aliphatic heterocycles. The zero-order chi connectivity index (χ0) is 29.7. The Morgan fingerprint density at radius 3 is 2.56 bits per heavy atom. The van der Waals surface area contributed by atoms with Crippen LogP contribution in [-0.4, -0.2) is 79.6 Å². The van der Waals surface area contributed by atoms with Crippen molar-refractivity contribution in [2.24, 2.45) is 5.92 Å². The minimum absolute atomic E-state index is 0.00253. The minimum atomic E-state index is -2.10. The molecule has 2 fully saturated rings. The van der Waals surface area contributed by atoms with E-state index in [1.807, 2.05) is 41.3 Å². The van der Waals surface area contributed by atoms with Crippen LogP contribution in [0.4, 0.5) is 5.69 Å². The Bertz CT molecular complexity index is 1190. The van der Waals surface area contributed by atoms with E-state index >= 15 is 0 Å². The summed E-state index contributed by atoms with van der Waals surface area (Å²) in [5, 5.41) is 23.4. The number of ether oxygens (including phenoxy) is 2. The maximum Gasteiger partial charge on any atom is 0.252 e. The fourth-order valence-corrected chi connectivity index (χ4v) is 10.9. The monoisotopic (exact) mass is 582 g/mol. The van der Waals surface area contributed by atoms with Crippen LogP contribution in [0.5, 0.6) is 5.75 Å². The van der Waals surface area contributed by atoms with Crippen molar-refractivity contribution in [2.45, 2.75) is 88.9 Å². The van der Waals surface area contributed by atoms with Gasteiger partial charge in [0, 0.05) is 12.2 Å². The number of nitrogens with zero attached hydrogens (tertiary/aromatic N) is 1. The van der Waals surface area contributed by atoms with Gasteiger partial charge in [0.15, 0.2) is 0 Å². The fourth-order valence-electron chi connectivity index (χ4n) is 6.85. The van der Waals surface area contributed by atoms with Crippen LogP contribution >= 0.6 is 0 Å². The number of aliphatic hydroxyl groups excluding tert-OH is 2. The average molecular weight is 583 g/mol. The highest BCUT2D eigenvalue weighted by Gasteiger charge is 2.51.